The minimum absolute atomic E-state index is 0. The summed E-state index contributed by atoms with van der Waals surface area (Å²) < 4.78 is 1.43. The molecule has 23 heavy (non-hydrogen) atoms. The Labute approximate surface area is 167 Å². The van der Waals surface area contributed by atoms with E-state index in [2.05, 4.69) is 41.3 Å². The first kappa shape index (κ1) is 22.8. The predicted molar refractivity (Wildman–Crippen MR) is 106 cm³/mol. The SMILES string of the molecule is CCCCN(CCCC)C(=S)S.S=c1[nH]c2ccccc2[nH]1.[Zn]. The molecular formula is C16H25N3S3Zn. The van der Waals surface area contributed by atoms with Gasteiger partial charge in [-0.1, -0.05) is 51.0 Å². The first-order valence-electron chi connectivity index (χ1n) is 7.73. The molecule has 0 atom stereocenters. The zero-order chi connectivity index (χ0) is 16.4. The van der Waals surface area contributed by atoms with E-state index < -0.39 is 0 Å². The van der Waals surface area contributed by atoms with Gasteiger partial charge in [0.05, 0.1) is 11.0 Å². The van der Waals surface area contributed by atoms with Crippen molar-refractivity contribution >= 4 is 52.4 Å². The summed E-state index contributed by atoms with van der Waals surface area (Å²) >= 11 is 14.1. The second-order valence-corrected chi connectivity index (χ2v) is 6.62. The molecule has 0 bridgehead atoms. The second-order valence-electron chi connectivity index (χ2n) is 5.10. The monoisotopic (exact) mass is 419 g/mol. The Hall–Kier alpha value is -0.227. The maximum absolute atomic E-state index is 5.03. The van der Waals surface area contributed by atoms with Crippen LogP contribution < -0.4 is 0 Å². The van der Waals surface area contributed by atoms with Crippen LogP contribution in [0.5, 0.6) is 0 Å². The molecule has 0 amide bonds. The first-order valence-corrected chi connectivity index (χ1v) is 8.99. The number of nitrogens with zero attached hydrogens (tertiary/aromatic N) is 1. The molecule has 2 N–H and O–H groups in total. The van der Waals surface area contributed by atoms with Crippen molar-refractivity contribution in [2.24, 2.45) is 0 Å². The molecule has 0 spiro atoms. The van der Waals surface area contributed by atoms with E-state index in [-0.39, 0.29) is 19.5 Å². The van der Waals surface area contributed by atoms with Gasteiger partial charge in [0.2, 0.25) is 0 Å². The van der Waals surface area contributed by atoms with Crippen LogP contribution in [-0.2, 0) is 19.5 Å². The normalized spacial score (nSPS) is 9.70. The molecule has 1 heterocycles. The average molecular weight is 421 g/mol. The number of hydrogen-bond acceptors (Lipinski definition) is 2. The van der Waals surface area contributed by atoms with Crippen LogP contribution in [0.1, 0.15) is 39.5 Å². The number of para-hydroxylation sites is 2. The maximum Gasteiger partial charge on any atom is 0.175 e. The summed E-state index contributed by atoms with van der Waals surface area (Å²) in [5.74, 6) is 0. The third-order valence-electron chi connectivity index (χ3n) is 3.26. The van der Waals surface area contributed by atoms with E-state index in [0.29, 0.717) is 4.77 Å². The molecule has 7 heteroatoms. The van der Waals surface area contributed by atoms with Gasteiger partial charge in [0, 0.05) is 32.6 Å². The van der Waals surface area contributed by atoms with Gasteiger partial charge in [0.15, 0.2) is 4.77 Å². The van der Waals surface area contributed by atoms with Gasteiger partial charge in [-0.2, -0.15) is 0 Å². The van der Waals surface area contributed by atoms with Crippen LogP contribution in [0.4, 0.5) is 0 Å². The number of hydrogen-bond donors (Lipinski definition) is 3. The summed E-state index contributed by atoms with van der Waals surface area (Å²) in [5, 5.41) is 0. The minimum atomic E-state index is 0. The van der Waals surface area contributed by atoms with Crippen LogP contribution in [0.25, 0.3) is 11.0 Å². The van der Waals surface area contributed by atoms with E-state index in [0.717, 1.165) is 28.4 Å². The molecule has 0 aliphatic carbocycles. The molecule has 0 fully saturated rings. The van der Waals surface area contributed by atoms with Gasteiger partial charge in [-0.3, -0.25) is 0 Å². The molecule has 1 aromatic heterocycles. The van der Waals surface area contributed by atoms with Crippen molar-refractivity contribution in [2.45, 2.75) is 39.5 Å². The van der Waals surface area contributed by atoms with Crippen molar-refractivity contribution in [3.8, 4) is 0 Å². The van der Waals surface area contributed by atoms with Crippen LogP contribution in [0.15, 0.2) is 24.3 Å². The molecule has 0 unspecified atom stereocenters. The van der Waals surface area contributed by atoms with E-state index in [1.54, 1.807) is 0 Å². The Morgan fingerprint density at radius 2 is 1.48 bits per heavy atom. The molecule has 0 saturated carbocycles. The minimum Gasteiger partial charge on any atom is -0.358 e. The standard InChI is InChI=1S/C9H19NS2.C7H6N2S.Zn/c1-3-5-7-10(9(11)12)8-6-4-2;10-7-8-5-3-1-2-4-6(5)9-7;/h3-8H2,1-2H3,(H,11,12);1-4H,(H2,8,9,10);. The molecule has 2 aromatic rings. The summed E-state index contributed by atoms with van der Waals surface area (Å²) in [4.78, 5) is 8.22. The summed E-state index contributed by atoms with van der Waals surface area (Å²) in [6.07, 6.45) is 4.87. The van der Waals surface area contributed by atoms with E-state index in [1.807, 2.05) is 24.3 Å². The van der Waals surface area contributed by atoms with Crippen LogP contribution >= 0.6 is 37.1 Å². The number of fused-ring (bicyclic) bond motifs is 1. The summed E-state index contributed by atoms with van der Waals surface area (Å²) in [7, 11) is 0. The van der Waals surface area contributed by atoms with Gasteiger partial charge in [0.25, 0.3) is 0 Å². The molecule has 0 radical (unpaired) electrons. The fraction of sp³-hybridized carbons (Fsp3) is 0.500. The number of unbranched alkanes of at least 4 members (excludes halogenated alkanes) is 2. The number of imidazole rings is 1. The van der Waals surface area contributed by atoms with Gasteiger partial charge in [-0.25, -0.2) is 0 Å². The Morgan fingerprint density at radius 3 is 1.83 bits per heavy atom. The molecule has 0 aliphatic rings. The Balaban J connectivity index is 0.000000406. The Morgan fingerprint density at radius 1 is 1.04 bits per heavy atom. The first-order chi connectivity index (χ1) is 10.6. The van der Waals surface area contributed by atoms with E-state index in [1.165, 1.54) is 25.7 Å². The van der Waals surface area contributed by atoms with Gasteiger partial charge in [-0.15, -0.1) is 12.6 Å². The van der Waals surface area contributed by atoms with Crippen LogP contribution in [0.3, 0.4) is 0 Å². The number of rotatable bonds is 6. The van der Waals surface area contributed by atoms with Crippen molar-refractivity contribution in [3.05, 3.63) is 29.0 Å². The van der Waals surface area contributed by atoms with Gasteiger partial charge >= 0.3 is 0 Å². The Bertz CT molecular complexity index is 580. The summed E-state index contributed by atoms with van der Waals surface area (Å²) in [6.45, 7) is 6.52. The molecule has 2 rings (SSSR count). The van der Waals surface area contributed by atoms with Crippen molar-refractivity contribution in [3.63, 3.8) is 0 Å². The van der Waals surface area contributed by atoms with Crippen molar-refractivity contribution in [1.82, 2.24) is 14.9 Å². The smallest absolute Gasteiger partial charge is 0.175 e. The zero-order valence-electron chi connectivity index (χ0n) is 14.0. The second kappa shape index (κ2) is 13.1. The number of nitrogens with one attached hydrogen (secondary N) is 2. The van der Waals surface area contributed by atoms with Gasteiger partial charge in [0.1, 0.15) is 4.32 Å². The van der Waals surface area contributed by atoms with E-state index in [9.17, 15) is 0 Å². The Kier molecular flexibility index (Phi) is 13.0. The van der Waals surface area contributed by atoms with Crippen LogP contribution in [-0.4, -0.2) is 32.3 Å². The number of H-pyrrole nitrogens is 2. The predicted octanol–water partition coefficient (Wildman–Crippen LogP) is 5.33. The van der Waals surface area contributed by atoms with Gasteiger partial charge < -0.3 is 14.9 Å². The van der Waals surface area contributed by atoms with E-state index >= 15 is 0 Å². The fourth-order valence-corrected chi connectivity index (χ4v) is 2.58. The van der Waals surface area contributed by atoms with Crippen molar-refractivity contribution in [1.29, 1.82) is 0 Å². The molecular weight excluding hydrogens is 396 g/mol. The number of aromatic nitrogens is 2. The number of aromatic amines is 2. The summed E-state index contributed by atoms with van der Waals surface area (Å²) in [6, 6.07) is 7.92. The number of benzene rings is 1. The quantitative estimate of drug-likeness (QED) is 0.336. The zero-order valence-corrected chi connectivity index (χ0v) is 19.5. The largest absolute Gasteiger partial charge is 0.358 e. The number of thiol groups is 1. The topological polar surface area (TPSA) is 34.8 Å². The van der Waals surface area contributed by atoms with Gasteiger partial charge in [-0.05, 0) is 37.2 Å². The molecule has 3 nitrogen and oxygen atoms in total. The third kappa shape index (κ3) is 8.99. The van der Waals surface area contributed by atoms with Crippen molar-refractivity contribution < 1.29 is 19.5 Å². The van der Waals surface area contributed by atoms with Crippen molar-refractivity contribution in [2.75, 3.05) is 13.1 Å². The van der Waals surface area contributed by atoms with E-state index in [4.69, 9.17) is 24.4 Å². The molecule has 124 valence electrons. The fourth-order valence-electron chi connectivity index (χ4n) is 1.98. The number of thiocarbonyl (C=S) groups is 1. The summed E-state index contributed by atoms with van der Waals surface area (Å²) in [5.41, 5.74) is 2.13. The molecule has 1 aromatic carbocycles. The third-order valence-corrected chi connectivity index (χ3v) is 4.00. The average Bonchev–Trinajstić information content (AvgIpc) is 2.87. The van der Waals surface area contributed by atoms with Crippen LogP contribution in [0, 0.1) is 4.77 Å². The maximum atomic E-state index is 5.03. The van der Waals surface area contributed by atoms with Crippen LogP contribution in [0.2, 0.25) is 0 Å². The molecule has 0 saturated heterocycles. The molecule has 0 aliphatic heterocycles.